The lowest BCUT2D eigenvalue weighted by atomic mass is 9.47. The van der Waals surface area contributed by atoms with Crippen LogP contribution in [0.25, 0.3) is 0 Å². The van der Waals surface area contributed by atoms with Crippen LogP contribution in [-0.2, 0) is 9.53 Å². The first-order valence-electron chi connectivity index (χ1n) is 19.4. The number of fused-ring (bicyclic) bond motifs is 5. The van der Waals surface area contributed by atoms with Crippen LogP contribution in [0.1, 0.15) is 137 Å². The average Bonchev–Trinajstić information content (AvgIpc) is 3.36. The van der Waals surface area contributed by atoms with Crippen LogP contribution in [0.4, 0.5) is 0 Å². The van der Waals surface area contributed by atoms with Crippen LogP contribution in [0.15, 0.2) is 11.6 Å². The van der Waals surface area contributed by atoms with Gasteiger partial charge < -0.3 is 21.5 Å². The van der Waals surface area contributed by atoms with Gasteiger partial charge in [-0.05, 0) is 157 Å². The molecule has 0 bridgehead atoms. The van der Waals surface area contributed by atoms with Gasteiger partial charge in [-0.3, -0.25) is 9.69 Å². The molecule has 6 heteroatoms. The Bertz CT molecular complexity index is 938. The lowest BCUT2D eigenvalue weighted by Crippen LogP contribution is -2.51. The Labute approximate surface area is 277 Å². The zero-order valence-electron chi connectivity index (χ0n) is 30.1. The van der Waals surface area contributed by atoms with Crippen molar-refractivity contribution in [3.8, 4) is 0 Å². The minimum Gasteiger partial charge on any atom is -0.461 e. The molecule has 0 aromatic heterocycles. The zero-order chi connectivity index (χ0) is 32.5. The summed E-state index contributed by atoms with van der Waals surface area (Å²) in [5.41, 5.74) is 13.9. The Morgan fingerprint density at radius 1 is 0.933 bits per heavy atom. The average molecular weight is 629 g/mol. The number of hydrogen-bond donors (Lipinski definition) is 3. The lowest BCUT2D eigenvalue weighted by molar-refractivity contribution is -0.157. The van der Waals surface area contributed by atoms with Crippen molar-refractivity contribution in [3.05, 3.63) is 11.6 Å². The normalized spacial score (nSPS) is 33.4. The van der Waals surface area contributed by atoms with E-state index in [0.717, 1.165) is 101 Å². The van der Waals surface area contributed by atoms with E-state index in [1.165, 1.54) is 64.2 Å². The van der Waals surface area contributed by atoms with Crippen molar-refractivity contribution in [2.45, 2.75) is 149 Å². The number of ether oxygens (including phenoxy) is 1. The summed E-state index contributed by atoms with van der Waals surface area (Å²) in [4.78, 5) is 15.8. The Morgan fingerprint density at radius 3 is 2.44 bits per heavy atom. The topological polar surface area (TPSA) is 93.6 Å². The highest BCUT2D eigenvalue weighted by molar-refractivity contribution is 5.75. The molecule has 6 nitrogen and oxygen atoms in total. The lowest BCUT2D eigenvalue weighted by Gasteiger charge is -2.58. The highest BCUT2D eigenvalue weighted by atomic mass is 16.5. The molecule has 260 valence electrons. The van der Waals surface area contributed by atoms with Crippen LogP contribution in [0.3, 0.4) is 0 Å². The van der Waals surface area contributed by atoms with Gasteiger partial charge >= 0.3 is 5.97 Å². The molecule has 8 atom stereocenters. The van der Waals surface area contributed by atoms with Crippen LogP contribution < -0.4 is 16.8 Å². The summed E-state index contributed by atoms with van der Waals surface area (Å²) in [5.74, 6) is 4.29. The largest absolute Gasteiger partial charge is 0.461 e. The number of carbonyl (C=O) groups is 1. The molecule has 5 N–H and O–H groups in total. The van der Waals surface area contributed by atoms with Gasteiger partial charge in [0.15, 0.2) is 0 Å². The number of nitrogens with two attached hydrogens (primary N) is 2. The van der Waals surface area contributed by atoms with Crippen LogP contribution in [0.5, 0.6) is 0 Å². The Morgan fingerprint density at radius 2 is 1.69 bits per heavy atom. The van der Waals surface area contributed by atoms with E-state index in [1.807, 2.05) is 6.92 Å². The number of carbonyl (C=O) groups excluding carboxylic acids is 1. The Balaban J connectivity index is 1.29. The summed E-state index contributed by atoms with van der Waals surface area (Å²) in [6.07, 6.45) is 22.5. The van der Waals surface area contributed by atoms with Gasteiger partial charge in [0.25, 0.3) is 0 Å². The number of nitrogens with one attached hydrogen (secondary N) is 1. The molecule has 0 heterocycles. The molecule has 0 aromatic rings. The number of rotatable bonds is 19. The van der Waals surface area contributed by atoms with Crippen LogP contribution in [-0.4, -0.2) is 62.3 Å². The van der Waals surface area contributed by atoms with E-state index in [-0.39, 0.29) is 18.1 Å². The van der Waals surface area contributed by atoms with Gasteiger partial charge in [-0.15, -0.1) is 0 Å². The van der Waals surface area contributed by atoms with Gasteiger partial charge in [0.2, 0.25) is 0 Å². The predicted octanol–water partition coefficient (Wildman–Crippen LogP) is 7.45. The maximum absolute atomic E-state index is 13.5. The molecular formula is C39H72N4O2. The monoisotopic (exact) mass is 629 g/mol. The van der Waals surface area contributed by atoms with Crippen molar-refractivity contribution < 1.29 is 9.53 Å². The molecule has 8 unspecified atom stereocenters. The smallest absolute Gasteiger partial charge is 0.323 e. The SMILES string of the molecule is CC(C)CCCCC1CCC2C3CC=C4CC(OC(=O)C(C)N(CCCN)CCCCNCCCN)CCC4(C)C3CCC12C. The maximum atomic E-state index is 13.5. The molecule has 4 aliphatic rings. The molecule has 45 heavy (non-hydrogen) atoms. The summed E-state index contributed by atoms with van der Waals surface area (Å²) in [5, 5.41) is 3.46. The van der Waals surface area contributed by atoms with Gasteiger partial charge in [-0.1, -0.05) is 58.6 Å². The van der Waals surface area contributed by atoms with E-state index in [9.17, 15) is 4.79 Å². The Kier molecular flexibility index (Phi) is 14.3. The molecule has 3 saturated carbocycles. The summed E-state index contributed by atoms with van der Waals surface area (Å²) in [6.45, 7) is 17.2. The first-order valence-corrected chi connectivity index (χ1v) is 19.4. The number of nitrogens with zero attached hydrogens (tertiary/aromatic N) is 1. The second-order valence-corrected chi connectivity index (χ2v) is 16.5. The first kappa shape index (κ1) is 36.9. The highest BCUT2D eigenvalue weighted by Gasteiger charge is 2.58. The quantitative estimate of drug-likeness (QED) is 0.0782. The summed E-state index contributed by atoms with van der Waals surface area (Å²) in [6, 6.07) is -0.225. The zero-order valence-corrected chi connectivity index (χ0v) is 30.1. The summed E-state index contributed by atoms with van der Waals surface area (Å²) >= 11 is 0. The first-order chi connectivity index (χ1) is 21.6. The minimum atomic E-state index is -0.225. The van der Waals surface area contributed by atoms with Crippen LogP contribution in [0, 0.1) is 40.4 Å². The van der Waals surface area contributed by atoms with Crippen molar-refractivity contribution in [1.29, 1.82) is 0 Å². The van der Waals surface area contributed by atoms with Gasteiger partial charge in [0.05, 0.1) is 0 Å². The second-order valence-electron chi connectivity index (χ2n) is 16.5. The number of hydrogen-bond acceptors (Lipinski definition) is 6. The number of esters is 1. The molecule has 4 aliphatic carbocycles. The standard InChI is InChI=1S/C39H72N4O2/c1-29(2)12-6-7-13-31-15-17-35-34-16-14-32-28-33(18-20-39(32,5)36(34)19-21-38(31,35)4)45-37(44)30(3)43(27-11-23-41)26-9-8-24-42-25-10-22-40/h14,29-31,33-36,42H,6-13,15-28,40-41H2,1-5H3. The van der Waals surface area contributed by atoms with Crippen molar-refractivity contribution in [3.63, 3.8) is 0 Å². The van der Waals surface area contributed by atoms with E-state index in [1.54, 1.807) is 5.57 Å². The molecular weight excluding hydrogens is 556 g/mol. The maximum Gasteiger partial charge on any atom is 0.323 e. The van der Waals surface area contributed by atoms with E-state index in [0.29, 0.717) is 17.4 Å². The van der Waals surface area contributed by atoms with Gasteiger partial charge in [-0.25, -0.2) is 0 Å². The third-order valence-corrected chi connectivity index (χ3v) is 13.3. The van der Waals surface area contributed by atoms with E-state index < -0.39 is 0 Å². The third-order valence-electron chi connectivity index (χ3n) is 13.3. The molecule has 0 spiro atoms. The van der Waals surface area contributed by atoms with Crippen molar-refractivity contribution >= 4 is 5.97 Å². The molecule has 0 radical (unpaired) electrons. The van der Waals surface area contributed by atoms with Crippen molar-refractivity contribution in [2.24, 2.45) is 51.9 Å². The fourth-order valence-corrected chi connectivity index (χ4v) is 10.4. The highest BCUT2D eigenvalue weighted by Crippen LogP contribution is 2.66. The van der Waals surface area contributed by atoms with Gasteiger partial charge in [0.1, 0.15) is 12.1 Å². The number of unbranched alkanes of at least 4 members (excludes halogenated alkanes) is 2. The van der Waals surface area contributed by atoms with Crippen molar-refractivity contribution in [2.75, 3.05) is 39.3 Å². The third kappa shape index (κ3) is 9.15. The van der Waals surface area contributed by atoms with Crippen LogP contribution >= 0.6 is 0 Å². The molecule has 0 amide bonds. The van der Waals surface area contributed by atoms with Gasteiger partial charge in [0, 0.05) is 13.0 Å². The molecule has 0 aromatic carbocycles. The number of allylic oxidation sites excluding steroid dienone is 1. The van der Waals surface area contributed by atoms with E-state index in [2.05, 4.69) is 44.0 Å². The van der Waals surface area contributed by atoms with Crippen LogP contribution in [0.2, 0.25) is 0 Å². The molecule has 3 fully saturated rings. The van der Waals surface area contributed by atoms with Gasteiger partial charge in [-0.2, -0.15) is 0 Å². The molecule has 0 saturated heterocycles. The predicted molar refractivity (Wildman–Crippen MR) is 189 cm³/mol. The fourth-order valence-electron chi connectivity index (χ4n) is 10.4. The molecule has 4 rings (SSSR count). The molecule has 0 aliphatic heterocycles. The summed E-state index contributed by atoms with van der Waals surface area (Å²) in [7, 11) is 0. The Hall–Kier alpha value is -0.950. The summed E-state index contributed by atoms with van der Waals surface area (Å²) < 4.78 is 6.30. The van der Waals surface area contributed by atoms with Crippen molar-refractivity contribution in [1.82, 2.24) is 10.2 Å². The van der Waals surface area contributed by atoms with E-state index in [4.69, 9.17) is 16.2 Å². The minimum absolute atomic E-state index is 0.0227. The van der Waals surface area contributed by atoms with E-state index >= 15 is 0 Å². The fraction of sp³-hybridized carbons (Fsp3) is 0.923. The second kappa shape index (κ2) is 17.4.